The molecule has 0 aliphatic heterocycles. The summed E-state index contributed by atoms with van der Waals surface area (Å²) in [6.07, 6.45) is -1.17. The summed E-state index contributed by atoms with van der Waals surface area (Å²) in [5, 5.41) is 20.3. The van der Waals surface area contributed by atoms with Gasteiger partial charge in [0.1, 0.15) is 5.60 Å². The number of amides is 1. The normalized spacial score (nSPS) is 12.3. The van der Waals surface area contributed by atoms with E-state index < -0.39 is 30.1 Å². The van der Waals surface area contributed by atoms with Crippen molar-refractivity contribution in [2.75, 3.05) is 0 Å². The SMILES string of the molecule is CC(C)(C)OC(=O)NC(CC(=O)O)c1cccc([N+](=O)O)c1. The highest BCUT2D eigenvalue weighted by atomic mass is 16.6. The summed E-state index contributed by atoms with van der Waals surface area (Å²) in [7, 11) is 0. The Kier molecular flexibility index (Phi) is 5.44. The summed E-state index contributed by atoms with van der Waals surface area (Å²) >= 11 is 0. The lowest BCUT2D eigenvalue weighted by Gasteiger charge is -2.23. The Balaban J connectivity index is 2.98. The van der Waals surface area contributed by atoms with Crippen LogP contribution in [0.25, 0.3) is 0 Å². The van der Waals surface area contributed by atoms with Crippen LogP contribution in [0.15, 0.2) is 24.3 Å². The van der Waals surface area contributed by atoms with Gasteiger partial charge in [0, 0.05) is 12.1 Å². The lowest BCUT2D eigenvalue weighted by molar-refractivity contribution is -0.729. The van der Waals surface area contributed by atoms with E-state index in [1.54, 1.807) is 20.8 Å². The van der Waals surface area contributed by atoms with Crippen LogP contribution < -0.4 is 5.32 Å². The van der Waals surface area contributed by atoms with Crippen molar-refractivity contribution in [3.8, 4) is 0 Å². The predicted octanol–water partition coefficient (Wildman–Crippen LogP) is 2.53. The first-order chi connectivity index (χ1) is 10.1. The highest BCUT2D eigenvalue weighted by Gasteiger charge is 2.24. The van der Waals surface area contributed by atoms with Gasteiger partial charge in [-0.15, -0.1) is 0 Å². The number of carboxylic acids is 1. The minimum absolute atomic E-state index is 0.0705. The van der Waals surface area contributed by atoms with Crippen LogP contribution in [-0.2, 0) is 9.53 Å². The zero-order chi connectivity index (χ0) is 16.9. The molecule has 1 atom stereocenters. The summed E-state index contributed by atoms with van der Waals surface area (Å²) < 4.78 is 5.08. The molecule has 1 aromatic rings. The van der Waals surface area contributed by atoms with Crippen molar-refractivity contribution >= 4 is 17.7 Å². The maximum atomic E-state index is 11.8. The standard InChI is InChI=1S/C14H18N2O6/c1-14(2,3)22-13(19)15-11(8-12(17)18)9-5-4-6-10(7-9)16(20)21/h4-7,11H,8H2,1-3H3,(H2-,15,17,18,19,20,21)/p+1. The Bertz CT molecular complexity index is 579. The van der Waals surface area contributed by atoms with Crippen LogP contribution in [-0.4, -0.2) is 32.9 Å². The van der Waals surface area contributed by atoms with Gasteiger partial charge in [-0.05, 0) is 26.3 Å². The molecule has 0 aliphatic carbocycles. The number of nitrogens with one attached hydrogen (secondary N) is 1. The van der Waals surface area contributed by atoms with Gasteiger partial charge < -0.3 is 15.2 Å². The molecular weight excluding hydrogens is 292 g/mol. The lowest BCUT2D eigenvalue weighted by atomic mass is 10.0. The number of ether oxygens (including phenoxy) is 1. The van der Waals surface area contributed by atoms with Gasteiger partial charge in [0.15, 0.2) is 0 Å². The van der Waals surface area contributed by atoms with Crippen LogP contribution in [0.3, 0.4) is 0 Å². The van der Waals surface area contributed by atoms with Crippen molar-refractivity contribution in [1.29, 1.82) is 0 Å². The maximum absolute atomic E-state index is 11.8. The van der Waals surface area contributed by atoms with E-state index in [1.165, 1.54) is 24.3 Å². The Morgan fingerprint density at radius 3 is 2.50 bits per heavy atom. The van der Waals surface area contributed by atoms with Crippen LogP contribution in [0.4, 0.5) is 10.5 Å². The molecule has 0 radical (unpaired) electrons. The second kappa shape index (κ2) is 6.88. The molecule has 22 heavy (non-hydrogen) atoms. The fraction of sp³-hybridized carbons (Fsp3) is 0.429. The number of carbonyl (C=O) groups is 2. The van der Waals surface area contributed by atoms with E-state index in [0.29, 0.717) is 5.56 Å². The zero-order valence-corrected chi connectivity index (χ0v) is 12.6. The molecule has 0 aromatic heterocycles. The third-order valence-corrected chi connectivity index (χ3v) is 2.56. The minimum atomic E-state index is -1.13. The fourth-order valence-electron chi connectivity index (χ4n) is 1.74. The number of rotatable bonds is 5. The number of alkyl carbamates (subject to hydrolysis) is 1. The van der Waals surface area contributed by atoms with Gasteiger partial charge in [-0.2, -0.15) is 0 Å². The summed E-state index contributed by atoms with van der Waals surface area (Å²) in [5.41, 5.74) is -0.434. The molecule has 0 saturated heterocycles. The van der Waals surface area contributed by atoms with Gasteiger partial charge in [-0.1, -0.05) is 12.1 Å². The number of nitrogens with zero attached hydrogens (tertiary/aromatic N) is 1. The Labute approximate surface area is 127 Å². The summed E-state index contributed by atoms with van der Waals surface area (Å²) in [4.78, 5) is 33.3. The van der Waals surface area contributed by atoms with Crippen LogP contribution in [0.2, 0.25) is 0 Å². The van der Waals surface area contributed by atoms with Gasteiger partial charge in [-0.3, -0.25) is 4.79 Å². The molecule has 0 aliphatic rings. The lowest BCUT2D eigenvalue weighted by Crippen LogP contribution is -2.35. The Morgan fingerprint density at radius 2 is 2.00 bits per heavy atom. The average molecular weight is 311 g/mol. The van der Waals surface area contributed by atoms with Gasteiger partial charge >= 0.3 is 17.7 Å². The van der Waals surface area contributed by atoms with E-state index in [-0.39, 0.29) is 10.6 Å². The number of hydrogen-bond acceptors (Lipinski definition) is 4. The highest BCUT2D eigenvalue weighted by Crippen LogP contribution is 2.22. The zero-order valence-electron chi connectivity index (χ0n) is 12.6. The van der Waals surface area contributed by atoms with Crippen LogP contribution in [0.5, 0.6) is 0 Å². The van der Waals surface area contributed by atoms with Crippen molar-refractivity contribution in [3.63, 3.8) is 0 Å². The van der Waals surface area contributed by atoms with Gasteiger partial charge in [0.2, 0.25) is 0 Å². The average Bonchev–Trinajstić information content (AvgIpc) is 2.35. The molecule has 0 spiro atoms. The van der Waals surface area contributed by atoms with Gasteiger partial charge in [-0.25, -0.2) is 10.0 Å². The van der Waals surface area contributed by atoms with E-state index in [1.807, 2.05) is 0 Å². The first-order valence-corrected chi connectivity index (χ1v) is 6.56. The second-order valence-corrected chi connectivity index (χ2v) is 5.66. The molecule has 8 nitrogen and oxygen atoms in total. The second-order valence-electron chi connectivity index (χ2n) is 5.66. The van der Waals surface area contributed by atoms with Crippen LogP contribution in [0.1, 0.15) is 38.8 Å². The number of carbonyl (C=O) groups excluding carboxylic acids is 1. The summed E-state index contributed by atoms with van der Waals surface area (Å²) in [5.74, 6) is -1.13. The molecule has 3 N–H and O–H groups in total. The van der Waals surface area contributed by atoms with Gasteiger partial charge in [0.25, 0.3) is 4.92 Å². The topological polar surface area (TPSA) is 116 Å². The monoisotopic (exact) mass is 311 g/mol. The number of benzene rings is 1. The molecular formula is C14H19N2O6+. The summed E-state index contributed by atoms with van der Waals surface area (Å²) in [6, 6.07) is 4.75. The smallest absolute Gasteiger partial charge is 0.408 e. The first kappa shape index (κ1) is 17.4. The van der Waals surface area contributed by atoms with E-state index in [2.05, 4.69) is 5.32 Å². The fourth-order valence-corrected chi connectivity index (χ4v) is 1.74. The molecule has 1 amide bonds. The van der Waals surface area contributed by atoms with Crippen molar-refractivity contribution in [3.05, 3.63) is 34.7 Å². The van der Waals surface area contributed by atoms with E-state index in [4.69, 9.17) is 15.1 Å². The van der Waals surface area contributed by atoms with Gasteiger partial charge in [0.05, 0.1) is 17.4 Å². The molecule has 0 saturated carbocycles. The third-order valence-electron chi connectivity index (χ3n) is 2.56. The number of aliphatic carboxylic acids is 1. The highest BCUT2D eigenvalue weighted by molar-refractivity contribution is 5.72. The third kappa shape index (κ3) is 5.78. The van der Waals surface area contributed by atoms with Crippen molar-refractivity contribution in [2.24, 2.45) is 0 Å². The largest absolute Gasteiger partial charge is 0.481 e. The van der Waals surface area contributed by atoms with Crippen molar-refractivity contribution in [2.45, 2.75) is 38.8 Å². The first-order valence-electron chi connectivity index (χ1n) is 6.56. The van der Waals surface area contributed by atoms with E-state index in [9.17, 15) is 14.5 Å². The molecule has 1 unspecified atom stereocenters. The minimum Gasteiger partial charge on any atom is -0.481 e. The van der Waals surface area contributed by atoms with Crippen molar-refractivity contribution < 1.29 is 29.6 Å². The molecule has 0 bridgehead atoms. The molecule has 1 rings (SSSR count). The van der Waals surface area contributed by atoms with E-state index >= 15 is 0 Å². The van der Waals surface area contributed by atoms with Crippen LogP contribution >= 0.6 is 0 Å². The molecule has 120 valence electrons. The molecule has 0 heterocycles. The maximum Gasteiger partial charge on any atom is 0.408 e. The predicted molar refractivity (Wildman–Crippen MR) is 75.9 cm³/mol. The summed E-state index contributed by atoms with van der Waals surface area (Å²) in [6.45, 7) is 5.04. The Morgan fingerprint density at radius 1 is 1.36 bits per heavy atom. The van der Waals surface area contributed by atoms with Crippen molar-refractivity contribution in [1.82, 2.24) is 5.32 Å². The van der Waals surface area contributed by atoms with E-state index in [0.717, 1.165) is 0 Å². The van der Waals surface area contributed by atoms with Crippen LogP contribution in [0, 0.1) is 4.91 Å². The molecule has 1 aromatic carbocycles. The Hall–Kier alpha value is -2.64. The molecule has 8 heteroatoms. The molecule has 0 fully saturated rings. The quantitative estimate of drug-likeness (QED) is 0.719. The number of carboxylic acid groups (broad SMARTS) is 1. The number of hydrogen-bond donors (Lipinski definition) is 3.